The molecule has 1 heterocycles. The highest BCUT2D eigenvalue weighted by Gasteiger charge is 2.02. The zero-order chi connectivity index (χ0) is 13.7. The molecule has 0 radical (unpaired) electrons. The minimum Gasteiger partial charge on any atom is -0.497 e. The number of pyridine rings is 1. The van der Waals surface area contributed by atoms with E-state index in [0.717, 1.165) is 22.8 Å². The lowest BCUT2D eigenvalue weighted by atomic mass is 10.2. The molecule has 2 N–H and O–H groups in total. The lowest BCUT2D eigenvalue weighted by Gasteiger charge is -2.08. The van der Waals surface area contributed by atoms with Gasteiger partial charge >= 0.3 is 0 Å². The summed E-state index contributed by atoms with van der Waals surface area (Å²) in [6, 6.07) is 11.5. The molecule has 0 saturated heterocycles. The summed E-state index contributed by atoms with van der Waals surface area (Å²) >= 11 is 0. The Labute approximate surface area is 113 Å². The fourth-order valence-corrected chi connectivity index (χ4v) is 1.63. The number of hydrogen-bond donors (Lipinski definition) is 1. The number of rotatable bonds is 5. The molecule has 19 heavy (non-hydrogen) atoms. The fraction of sp³-hybridized carbons (Fsp3) is 0.267. The van der Waals surface area contributed by atoms with Gasteiger partial charge in [0.1, 0.15) is 18.1 Å². The second-order valence-electron chi connectivity index (χ2n) is 4.34. The third-order valence-corrected chi connectivity index (χ3v) is 2.79. The lowest BCUT2D eigenvalue weighted by molar-refractivity contribution is 0.304. The van der Waals surface area contributed by atoms with Crippen LogP contribution in [0.1, 0.15) is 24.2 Å². The second-order valence-corrected chi connectivity index (χ2v) is 4.34. The lowest BCUT2D eigenvalue weighted by Crippen LogP contribution is -2.07. The smallest absolute Gasteiger partial charge is 0.138 e. The number of ether oxygens (including phenoxy) is 2. The molecule has 0 aliphatic carbocycles. The average Bonchev–Trinajstić information content (AvgIpc) is 2.46. The number of nitrogens with zero attached hydrogens (tertiary/aromatic N) is 1. The second kappa shape index (κ2) is 6.20. The summed E-state index contributed by atoms with van der Waals surface area (Å²) in [5.74, 6) is 1.58. The van der Waals surface area contributed by atoms with Gasteiger partial charge in [-0.05, 0) is 36.8 Å². The van der Waals surface area contributed by atoms with Crippen molar-refractivity contribution in [1.29, 1.82) is 0 Å². The van der Waals surface area contributed by atoms with Crippen molar-refractivity contribution in [3.05, 3.63) is 53.9 Å². The van der Waals surface area contributed by atoms with Gasteiger partial charge in [0.05, 0.1) is 19.0 Å². The summed E-state index contributed by atoms with van der Waals surface area (Å²) in [6.45, 7) is 2.41. The van der Waals surface area contributed by atoms with Crippen LogP contribution in [-0.4, -0.2) is 12.1 Å². The van der Waals surface area contributed by atoms with Gasteiger partial charge in [0.2, 0.25) is 0 Å². The van der Waals surface area contributed by atoms with E-state index in [-0.39, 0.29) is 6.04 Å². The van der Waals surface area contributed by atoms with E-state index in [9.17, 15) is 0 Å². The third-order valence-electron chi connectivity index (χ3n) is 2.79. The van der Waals surface area contributed by atoms with Crippen molar-refractivity contribution in [1.82, 2.24) is 4.98 Å². The van der Waals surface area contributed by atoms with E-state index in [0.29, 0.717) is 6.61 Å². The Bertz CT molecular complexity index is 507. The SMILES string of the molecule is COc1ccc(COc2ccc([C@H](C)N)nc2)cc1. The Hall–Kier alpha value is -2.07. The zero-order valence-electron chi connectivity index (χ0n) is 11.2. The minimum absolute atomic E-state index is 0.0596. The predicted octanol–water partition coefficient (Wildman–Crippen LogP) is 2.69. The quantitative estimate of drug-likeness (QED) is 0.895. The van der Waals surface area contributed by atoms with Crippen LogP contribution in [0.3, 0.4) is 0 Å². The molecular weight excluding hydrogens is 240 g/mol. The Kier molecular flexibility index (Phi) is 4.36. The summed E-state index contributed by atoms with van der Waals surface area (Å²) < 4.78 is 10.8. The van der Waals surface area contributed by atoms with E-state index in [1.165, 1.54) is 0 Å². The van der Waals surface area contributed by atoms with Gasteiger partial charge in [0.15, 0.2) is 0 Å². The maximum absolute atomic E-state index is 5.74. The van der Waals surface area contributed by atoms with Gasteiger partial charge in [-0.15, -0.1) is 0 Å². The first-order valence-corrected chi connectivity index (χ1v) is 6.16. The maximum Gasteiger partial charge on any atom is 0.138 e. The number of nitrogens with two attached hydrogens (primary N) is 1. The molecule has 4 nitrogen and oxygen atoms in total. The molecule has 100 valence electrons. The first-order chi connectivity index (χ1) is 9.19. The van der Waals surface area contributed by atoms with Crippen LogP contribution in [0.5, 0.6) is 11.5 Å². The van der Waals surface area contributed by atoms with Crippen LogP contribution >= 0.6 is 0 Å². The standard InChI is InChI=1S/C15H18N2O2/c1-11(16)15-8-7-14(9-17-15)19-10-12-3-5-13(18-2)6-4-12/h3-9,11H,10,16H2,1-2H3/t11-/m0/s1. The first kappa shape index (κ1) is 13.4. The molecule has 0 saturated carbocycles. The monoisotopic (exact) mass is 258 g/mol. The number of hydrogen-bond acceptors (Lipinski definition) is 4. The molecule has 0 amide bonds. The van der Waals surface area contributed by atoms with Crippen molar-refractivity contribution in [3.8, 4) is 11.5 Å². The van der Waals surface area contributed by atoms with Crippen molar-refractivity contribution < 1.29 is 9.47 Å². The highest BCUT2D eigenvalue weighted by molar-refractivity contribution is 5.27. The van der Waals surface area contributed by atoms with Crippen molar-refractivity contribution in [3.63, 3.8) is 0 Å². The molecule has 0 fully saturated rings. The summed E-state index contributed by atoms with van der Waals surface area (Å²) in [4.78, 5) is 4.25. The van der Waals surface area contributed by atoms with Crippen molar-refractivity contribution in [2.75, 3.05) is 7.11 Å². The van der Waals surface area contributed by atoms with Crippen LogP contribution in [0, 0.1) is 0 Å². The molecule has 0 aliphatic rings. The van der Waals surface area contributed by atoms with E-state index in [1.807, 2.05) is 43.3 Å². The summed E-state index contributed by atoms with van der Waals surface area (Å²) in [7, 11) is 1.65. The zero-order valence-corrected chi connectivity index (χ0v) is 11.2. The van der Waals surface area contributed by atoms with Crippen molar-refractivity contribution >= 4 is 0 Å². The van der Waals surface area contributed by atoms with Gasteiger partial charge < -0.3 is 15.2 Å². The Morgan fingerprint density at radius 3 is 2.32 bits per heavy atom. The van der Waals surface area contributed by atoms with Gasteiger partial charge in [-0.1, -0.05) is 12.1 Å². The first-order valence-electron chi connectivity index (χ1n) is 6.16. The van der Waals surface area contributed by atoms with Crippen LogP contribution in [-0.2, 0) is 6.61 Å². The van der Waals surface area contributed by atoms with Crippen LogP contribution in [0.15, 0.2) is 42.6 Å². The van der Waals surface area contributed by atoms with Crippen molar-refractivity contribution in [2.24, 2.45) is 5.73 Å². The molecule has 4 heteroatoms. The number of benzene rings is 1. The molecule has 0 aliphatic heterocycles. The van der Waals surface area contributed by atoms with Crippen LogP contribution in [0.25, 0.3) is 0 Å². The molecule has 1 atom stereocenters. The third kappa shape index (κ3) is 3.69. The fourth-order valence-electron chi connectivity index (χ4n) is 1.63. The number of aromatic nitrogens is 1. The highest BCUT2D eigenvalue weighted by Crippen LogP contribution is 2.16. The highest BCUT2D eigenvalue weighted by atomic mass is 16.5. The van der Waals surface area contributed by atoms with Gasteiger partial charge in [-0.25, -0.2) is 0 Å². The van der Waals surface area contributed by atoms with E-state index in [1.54, 1.807) is 13.3 Å². The minimum atomic E-state index is -0.0596. The Morgan fingerprint density at radius 1 is 1.11 bits per heavy atom. The molecule has 1 aromatic carbocycles. The van der Waals surface area contributed by atoms with Gasteiger partial charge in [0.25, 0.3) is 0 Å². The van der Waals surface area contributed by atoms with Gasteiger partial charge in [0, 0.05) is 6.04 Å². The number of methoxy groups -OCH3 is 1. The van der Waals surface area contributed by atoms with Gasteiger partial charge in [-0.2, -0.15) is 0 Å². The summed E-state index contributed by atoms with van der Waals surface area (Å²) in [5, 5.41) is 0. The van der Waals surface area contributed by atoms with Crippen molar-refractivity contribution in [2.45, 2.75) is 19.6 Å². The van der Waals surface area contributed by atoms with E-state index in [4.69, 9.17) is 15.2 Å². The maximum atomic E-state index is 5.74. The Morgan fingerprint density at radius 2 is 1.79 bits per heavy atom. The van der Waals surface area contributed by atoms with E-state index < -0.39 is 0 Å². The molecular formula is C15H18N2O2. The molecule has 0 bridgehead atoms. The average molecular weight is 258 g/mol. The van der Waals surface area contributed by atoms with E-state index in [2.05, 4.69) is 4.98 Å². The Balaban J connectivity index is 1.94. The predicted molar refractivity (Wildman–Crippen MR) is 74.2 cm³/mol. The van der Waals surface area contributed by atoms with Crippen LogP contribution in [0.2, 0.25) is 0 Å². The van der Waals surface area contributed by atoms with Crippen LogP contribution < -0.4 is 15.2 Å². The summed E-state index contributed by atoms with van der Waals surface area (Å²) in [6.07, 6.45) is 1.70. The normalized spacial score (nSPS) is 11.9. The topological polar surface area (TPSA) is 57.4 Å². The largest absolute Gasteiger partial charge is 0.497 e. The van der Waals surface area contributed by atoms with E-state index >= 15 is 0 Å². The van der Waals surface area contributed by atoms with Crippen LogP contribution in [0.4, 0.5) is 0 Å². The molecule has 2 rings (SSSR count). The summed E-state index contributed by atoms with van der Waals surface area (Å²) in [5.41, 5.74) is 7.68. The molecule has 0 spiro atoms. The van der Waals surface area contributed by atoms with Gasteiger partial charge in [-0.3, -0.25) is 4.98 Å². The molecule has 0 unspecified atom stereocenters. The molecule has 2 aromatic rings. The molecule has 1 aromatic heterocycles.